The van der Waals surface area contributed by atoms with Gasteiger partial charge in [-0.15, -0.1) is 0 Å². The molecule has 0 spiro atoms. The van der Waals surface area contributed by atoms with Gasteiger partial charge in [0.1, 0.15) is 5.54 Å². The van der Waals surface area contributed by atoms with Crippen LogP contribution in [0.4, 0.5) is 0 Å². The van der Waals surface area contributed by atoms with Gasteiger partial charge in [-0.3, -0.25) is 4.79 Å². The van der Waals surface area contributed by atoms with Gasteiger partial charge in [-0.25, -0.2) is 9.97 Å². The van der Waals surface area contributed by atoms with E-state index in [9.17, 15) is 10.1 Å². The smallest absolute Gasteiger partial charge is 0.231 e. The van der Waals surface area contributed by atoms with Crippen LogP contribution in [0.1, 0.15) is 49.1 Å². The van der Waals surface area contributed by atoms with Crippen LogP contribution in [0.15, 0.2) is 5.16 Å². The predicted molar refractivity (Wildman–Crippen MR) is 86.5 cm³/mol. The quantitative estimate of drug-likeness (QED) is 0.682. The molecule has 0 atom stereocenters. The molecule has 1 saturated carbocycles. The van der Waals surface area contributed by atoms with Crippen molar-refractivity contribution in [1.82, 2.24) is 15.3 Å². The molecular weight excluding hydrogens is 296 g/mol. The fourth-order valence-corrected chi connectivity index (χ4v) is 3.39. The lowest BCUT2D eigenvalue weighted by molar-refractivity contribution is -0.120. The second kappa shape index (κ2) is 7.10. The van der Waals surface area contributed by atoms with E-state index >= 15 is 0 Å². The Labute approximate surface area is 135 Å². The second-order valence-electron chi connectivity index (χ2n) is 5.89. The van der Waals surface area contributed by atoms with E-state index in [4.69, 9.17) is 0 Å². The Morgan fingerprint density at radius 3 is 2.36 bits per heavy atom. The minimum absolute atomic E-state index is 0.118. The Kier molecular flexibility index (Phi) is 5.41. The fraction of sp³-hybridized carbons (Fsp3) is 0.625. The van der Waals surface area contributed by atoms with Crippen LogP contribution in [0, 0.1) is 32.1 Å². The molecule has 22 heavy (non-hydrogen) atoms. The summed E-state index contributed by atoms with van der Waals surface area (Å²) in [5.41, 5.74) is 2.29. The zero-order valence-electron chi connectivity index (χ0n) is 13.4. The summed E-state index contributed by atoms with van der Waals surface area (Å²) in [5, 5.41) is 12.9. The number of hydrogen-bond donors (Lipinski definition) is 1. The predicted octanol–water partition coefficient (Wildman–Crippen LogP) is 2.84. The maximum Gasteiger partial charge on any atom is 0.231 e. The molecule has 6 heteroatoms. The monoisotopic (exact) mass is 318 g/mol. The Morgan fingerprint density at radius 2 is 1.82 bits per heavy atom. The van der Waals surface area contributed by atoms with Crippen molar-refractivity contribution in [2.75, 3.05) is 5.75 Å². The average molecular weight is 318 g/mol. The lowest BCUT2D eigenvalue weighted by Gasteiger charge is -2.31. The van der Waals surface area contributed by atoms with E-state index in [2.05, 4.69) is 21.4 Å². The van der Waals surface area contributed by atoms with Crippen molar-refractivity contribution in [3.8, 4) is 6.07 Å². The number of carbonyl (C=O) groups is 1. The highest BCUT2D eigenvalue weighted by Gasteiger charge is 2.33. The summed E-state index contributed by atoms with van der Waals surface area (Å²) in [4.78, 5) is 20.9. The molecule has 1 N–H and O–H groups in total. The van der Waals surface area contributed by atoms with Crippen LogP contribution in [0.5, 0.6) is 0 Å². The van der Waals surface area contributed by atoms with Crippen LogP contribution >= 0.6 is 11.8 Å². The highest BCUT2D eigenvalue weighted by molar-refractivity contribution is 7.99. The number of nitriles is 1. The van der Waals surface area contributed by atoms with Crippen molar-refractivity contribution in [2.45, 2.75) is 63.6 Å². The molecule has 0 saturated heterocycles. The third-order valence-corrected chi connectivity index (χ3v) is 5.09. The maximum atomic E-state index is 12.1. The number of thioether (sulfide) groups is 1. The number of carbonyl (C=O) groups excluding carboxylic acids is 1. The number of amides is 1. The van der Waals surface area contributed by atoms with Crippen LogP contribution < -0.4 is 5.32 Å². The van der Waals surface area contributed by atoms with Gasteiger partial charge in [-0.05, 0) is 39.2 Å². The van der Waals surface area contributed by atoms with Gasteiger partial charge in [-0.2, -0.15) is 5.26 Å². The molecule has 1 aliphatic carbocycles. The first-order valence-electron chi connectivity index (χ1n) is 7.63. The van der Waals surface area contributed by atoms with Crippen LogP contribution in [0.2, 0.25) is 0 Å². The van der Waals surface area contributed by atoms with Gasteiger partial charge in [0.15, 0.2) is 5.16 Å². The van der Waals surface area contributed by atoms with E-state index in [0.717, 1.165) is 49.1 Å². The molecular formula is C16H22N4OS. The van der Waals surface area contributed by atoms with Gasteiger partial charge in [0.2, 0.25) is 5.91 Å². The highest BCUT2D eigenvalue weighted by atomic mass is 32.2. The minimum atomic E-state index is -0.671. The summed E-state index contributed by atoms with van der Waals surface area (Å²) < 4.78 is 0. The number of aryl methyl sites for hydroxylation is 2. The van der Waals surface area contributed by atoms with Crippen molar-refractivity contribution < 1.29 is 4.79 Å². The zero-order chi connectivity index (χ0) is 16.2. The van der Waals surface area contributed by atoms with E-state index in [1.54, 1.807) is 0 Å². The van der Waals surface area contributed by atoms with Crippen molar-refractivity contribution in [2.24, 2.45) is 0 Å². The van der Waals surface area contributed by atoms with E-state index < -0.39 is 5.54 Å². The molecule has 0 bridgehead atoms. The largest absolute Gasteiger partial charge is 0.337 e. The molecule has 2 rings (SSSR count). The van der Waals surface area contributed by atoms with Gasteiger partial charge in [0, 0.05) is 11.4 Å². The van der Waals surface area contributed by atoms with Gasteiger partial charge < -0.3 is 5.32 Å². The summed E-state index contributed by atoms with van der Waals surface area (Å²) in [7, 11) is 0. The third kappa shape index (κ3) is 3.98. The first kappa shape index (κ1) is 16.8. The SMILES string of the molecule is Cc1nc(SCC(=O)NC2(C#N)CCCCC2)nc(C)c1C. The molecule has 0 aromatic carbocycles. The third-order valence-electron chi connectivity index (χ3n) is 4.24. The lowest BCUT2D eigenvalue weighted by atomic mass is 9.83. The lowest BCUT2D eigenvalue weighted by Crippen LogP contribution is -2.49. The van der Waals surface area contributed by atoms with Crippen molar-refractivity contribution in [3.05, 3.63) is 17.0 Å². The normalized spacial score (nSPS) is 16.8. The standard InChI is InChI=1S/C16H22N4OS/c1-11-12(2)18-15(19-13(11)3)22-9-14(21)20-16(10-17)7-5-4-6-8-16/h4-9H2,1-3H3,(H,20,21). The Morgan fingerprint density at radius 1 is 1.23 bits per heavy atom. The highest BCUT2D eigenvalue weighted by Crippen LogP contribution is 2.27. The van der Waals surface area contributed by atoms with Crippen LogP contribution in [0.25, 0.3) is 0 Å². The Balaban J connectivity index is 1.94. The van der Waals surface area contributed by atoms with Gasteiger partial charge in [-0.1, -0.05) is 31.0 Å². The Bertz CT molecular complexity index is 580. The van der Waals surface area contributed by atoms with E-state index in [0.29, 0.717) is 5.16 Å². The first-order chi connectivity index (χ1) is 10.5. The van der Waals surface area contributed by atoms with Crippen LogP contribution in [-0.4, -0.2) is 27.2 Å². The molecule has 5 nitrogen and oxygen atoms in total. The summed E-state index contributed by atoms with van der Waals surface area (Å²) in [6.45, 7) is 5.88. The number of rotatable bonds is 4. The van der Waals surface area contributed by atoms with Crippen LogP contribution in [0.3, 0.4) is 0 Å². The van der Waals surface area contributed by atoms with Gasteiger partial charge in [0.25, 0.3) is 0 Å². The molecule has 118 valence electrons. The summed E-state index contributed by atoms with van der Waals surface area (Å²) in [6, 6.07) is 2.30. The summed E-state index contributed by atoms with van der Waals surface area (Å²) >= 11 is 1.32. The number of nitrogens with one attached hydrogen (secondary N) is 1. The molecule has 1 fully saturated rings. The zero-order valence-corrected chi connectivity index (χ0v) is 14.2. The molecule has 1 aromatic rings. The molecule has 0 radical (unpaired) electrons. The first-order valence-corrected chi connectivity index (χ1v) is 8.61. The van der Waals surface area contributed by atoms with Gasteiger partial charge >= 0.3 is 0 Å². The van der Waals surface area contributed by atoms with Crippen molar-refractivity contribution >= 4 is 17.7 Å². The molecule has 1 aliphatic rings. The second-order valence-corrected chi connectivity index (χ2v) is 6.84. The van der Waals surface area contributed by atoms with E-state index in [1.807, 2.05) is 20.8 Å². The van der Waals surface area contributed by atoms with Crippen molar-refractivity contribution in [3.63, 3.8) is 0 Å². The van der Waals surface area contributed by atoms with E-state index in [1.165, 1.54) is 11.8 Å². The van der Waals surface area contributed by atoms with Crippen LogP contribution in [-0.2, 0) is 4.79 Å². The minimum Gasteiger partial charge on any atom is -0.337 e. The molecule has 1 amide bonds. The summed E-state index contributed by atoms with van der Waals surface area (Å²) in [5.74, 6) is 0.124. The average Bonchev–Trinajstić information content (AvgIpc) is 2.51. The molecule has 1 aromatic heterocycles. The molecule has 0 aliphatic heterocycles. The Hall–Kier alpha value is -1.61. The maximum absolute atomic E-state index is 12.1. The number of hydrogen-bond acceptors (Lipinski definition) is 5. The molecule has 0 unspecified atom stereocenters. The summed E-state index contributed by atoms with van der Waals surface area (Å²) in [6.07, 6.45) is 4.64. The topological polar surface area (TPSA) is 78.7 Å². The number of aromatic nitrogens is 2. The van der Waals surface area contributed by atoms with Gasteiger partial charge in [0.05, 0.1) is 11.8 Å². The molecule has 1 heterocycles. The van der Waals surface area contributed by atoms with Crippen molar-refractivity contribution in [1.29, 1.82) is 5.26 Å². The fourth-order valence-electron chi connectivity index (χ4n) is 2.66. The number of nitrogens with zero attached hydrogens (tertiary/aromatic N) is 3. The van der Waals surface area contributed by atoms with E-state index in [-0.39, 0.29) is 11.7 Å².